The summed E-state index contributed by atoms with van der Waals surface area (Å²) in [5, 5.41) is 2.68. The maximum Gasteiger partial charge on any atom is 0.225 e. The van der Waals surface area contributed by atoms with Crippen LogP contribution >= 0.6 is 0 Å². The van der Waals surface area contributed by atoms with Gasteiger partial charge in [-0.3, -0.25) is 14.5 Å². The van der Waals surface area contributed by atoms with E-state index in [1.54, 1.807) is 7.05 Å². The Balaban J connectivity index is 1.75. The third kappa shape index (κ3) is 2.20. The SMILES string of the molecule is CNC(=O)C1CN(C2CCC(=O)CC2)C1. The lowest BCUT2D eigenvalue weighted by Crippen LogP contribution is -2.57. The predicted molar refractivity (Wildman–Crippen MR) is 56.4 cm³/mol. The van der Waals surface area contributed by atoms with Crippen LogP contribution < -0.4 is 5.32 Å². The van der Waals surface area contributed by atoms with Gasteiger partial charge in [0, 0.05) is 39.0 Å². The fourth-order valence-corrected chi connectivity index (χ4v) is 2.47. The second-order valence-corrected chi connectivity index (χ2v) is 4.53. The van der Waals surface area contributed by atoms with Crippen LogP contribution in [0.15, 0.2) is 0 Å². The van der Waals surface area contributed by atoms with Gasteiger partial charge >= 0.3 is 0 Å². The van der Waals surface area contributed by atoms with Crippen molar-refractivity contribution in [2.24, 2.45) is 5.92 Å². The number of ketones is 1. The third-order valence-corrected chi connectivity index (χ3v) is 3.56. The summed E-state index contributed by atoms with van der Waals surface area (Å²) in [6, 6.07) is 0.545. The Labute approximate surface area is 90.0 Å². The molecule has 1 aliphatic heterocycles. The minimum Gasteiger partial charge on any atom is -0.359 e. The molecule has 4 nitrogen and oxygen atoms in total. The van der Waals surface area contributed by atoms with Crippen LogP contribution in [0.2, 0.25) is 0 Å². The van der Waals surface area contributed by atoms with E-state index in [1.807, 2.05) is 0 Å². The molecule has 4 heteroatoms. The van der Waals surface area contributed by atoms with Gasteiger partial charge in [0.15, 0.2) is 0 Å². The summed E-state index contributed by atoms with van der Waals surface area (Å²) in [4.78, 5) is 24.7. The first-order chi connectivity index (χ1) is 7.20. The molecule has 0 atom stereocenters. The van der Waals surface area contributed by atoms with Gasteiger partial charge in [-0.25, -0.2) is 0 Å². The Morgan fingerprint density at radius 3 is 2.47 bits per heavy atom. The number of nitrogens with zero attached hydrogens (tertiary/aromatic N) is 1. The van der Waals surface area contributed by atoms with Gasteiger partial charge < -0.3 is 5.32 Å². The molecule has 2 fully saturated rings. The number of carbonyl (C=O) groups is 2. The zero-order valence-electron chi connectivity index (χ0n) is 9.16. The predicted octanol–water partition coefficient (Wildman–Crippen LogP) is 0.176. The van der Waals surface area contributed by atoms with Gasteiger partial charge in [0.25, 0.3) is 0 Å². The van der Waals surface area contributed by atoms with E-state index in [0.717, 1.165) is 38.8 Å². The van der Waals surface area contributed by atoms with Crippen LogP contribution in [-0.4, -0.2) is 42.8 Å². The average molecular weight is 210 g/mol. The minimum atomic E-state index is 0.151. The van der Waals surface area contributed by atoms with E-state index in [2.05, 4.69) is 10.2 Å². The Bertz CT molecular complexity index is 262. The summed E-state index contributed by atoms with van der Waals surface area (Å²) >= 11 is 0. The van der Waals surface area contributed by atoms with Crippen LogP contribution in [0, 0.1) is 5.92 Å². The fraction of sp³-hybridized carbons (Fsp3) is 0.818. The summed E-state index contributed by atoms with van der Waals surface area (Å²) < 4.78 is 0. The molecular weight excluding hydrogens is 192 g/mol. The maximum atomic E-state index is 11.3. The van der Waals surface area contributed by atoms with Crippen LogP contribution in [-0.2, 0) is 9.59 Å². The van der Waals surface area contributed by atoms with Crippen molar-refractivity contribution >= 4 is 11.7 Å². The average Bonchev–Trinajstić information content (AvgIpc) is 2.18. The van der Waals surface area contributed by atoms with E-state index in [9.17, 15) is 9.59 Å². The molecule has 1 saturated carbocycles. The Morgan fingerprint density at radius 1 is 1.33 bits per heavy atom. The van der Waals surface area contributed by atoms with Gasteiger partial charge in [-0.1, -0.05) is 0 Å². The van der Waals surface area contributed by atoms with Crippen molar-refractivity contribution in [1.29, 1.82) is 0 Å². The molecule has 0 aromatic carbocycles. The van der Waals surface area contributed by atoms with Gasteiger partial charge in [-0.05, 0) is 12.8 Å². The zero-order chi connectivity index (χ0) is 10.8. The summed E-state index contributed by atoms with van der Waals surface area (Å²) in [5.74, 6) is 0.723. The molecule has 84 valence electrons. The molecule has 0 aromatic heterocycles. The number of likely N-dealkylation sites (tertiary alicyclic amines) is 1. The summed E-state index contributed by atoms with van der Waals surface area (Å²) in [7, 11) is 1.68. The topological polar surface area (TPSA) is 49.4 Å². The van der Waals surface area contributed by atoms with E-state index in [-0.39, 0.29) is 11.8 Å². The molecular formula is C11H18N2O2. The van der Waals surface area contributed by atoms with E-state index < -0.39 is 0 Å². The highest BCUT2D eigenvalue weighted by molar-refractivity contribution is 5.80. The number of hydrogen-bond acceptors (Lipinski definition) is 3. The van der Waals surface area contributed by atoms with Gasteiger partial charge in [0.05, 0.1) is 5.92 Å². The van der Waals surface area contributed by atoms with Crippen molar-refractivity contribution < 1.29 is 9.59 Å². The number of hydrogen-bond donors (Lipinski definition) is 1. The molecule has 1 aliphatic carbocycles. The maximum absolute atomic E-state index is 11.3. The van der Waals surface area contributed by atoms with Crippen LogP contribution in [0.5, 0.6) is 0 Å². The summed E-state index contributed by atoms with van der Waals surface area (Å²) in [5.41, 5.74) is 0. The first kappa shape index (κ1) is 10.6. The Kier molecular flexibility index (Phi) is 3.05. The molecule has 1 amide bonds. The number of carbonyl (C=O) groups excluding carboxylic acids is 2. The normalized spacial score (nSPS) is 25.0. The van der Waals surface area contributed by atoms with E-state index in [4.69, 9.17) is 0 Å². The smallest absolute Gasteiger partial charge is 0.225 e. The van der Waals surface area contributed by atoms with Crippen LogP contribution in [0.25, 0.3) is 0 Å². The molecule has 0 spiro atoms. The fourth-order valence-electron chi connectivity index (χ4n) is 2.47. The highest BCUT2D eigenvalue weighted by Crippen LogP contribution is 2.27. The lowest BCUT2D eigenvalue weighted by atomic mass is 9.88. The van der Waals surface area contributed by atoms with Crippen molar-refractivity contribution in [2.75, 3.05) is 20.1 Å². The molecule has 0 radical (unpaired) electrons. The Hall–Kier alpha value is -0.900. The molecule has 2 rings (SSSR count). The molecule has 1 N–H and O–H groups in total. The van der Waals surface area contributed by atoms with Crippen molar-refractivity contribution in [3.05, 3.63) is 0 Å². The molecule has 0 unspecified atom stereocenters. The zero-order valence-corrected chi connectivity index (χ0v) is 9.16. The van der Waals surface area contributed by atoms with Gasteiger partial charge in [0.2, 0.25) is 5.91 Å². The second kappa shape index (κ2) is 4.31. The van der Waals surface area contributed by atoms with Gasteiger partial charge in [0.1, 0.15) is 5.78 Å². The molecule has 0 aromatic rings. The minimum absolute atomic E-state index is 0.151. The molecule has 1 saturated heterocycles. The number of nitrogens with one attached hydrogen (secondary N) is 1. The molecule has 1 heterocycles. The van der Waals surface area contributed by atoms with Crippen molar-refractivity contribution in [1.82, 2.24) is 10.2 Å². The number of amides is 1. The van der Waals surface area contributed by atoms with Crippen LogP contribution in [0.1, 0.15) is 25.7 Å². The van der Waals surface area contributed by atoms with Crippen LogP contribution in [0.4, 0.5) is 0 Å². The molecule has 0 bridgehead atoms. The quantitative estimate of drug-likeness (QED) is 0.707. The highest BCUT2D eigenvalue weighted by Gasteiger charge is 2.37. The molecule has 15 heavy (non-hydrogen) atoms. The monoisotopic (exact) mass is 210 g/mol. The number of rotatable bonds is 2. The van der Waals surface area contributed by atoms with Crippen molar-refractivity contribution in [3.63, 3.8) is 0 Å². The van der Waals surface area contributed by atoms with Crippen molar-refractivity contribution in [3.8, 4) is 0 Å². The largest absolute Gasteiger partial charge is 0.359 e. The number of Topliss-reactive ketones (excluding diaryl/α,β-unsaturated/α-hetero) is 1. The summed E-state index contributed by atoms with van der Waals surface area (Å²) in [6.07, 6.45) is 3.43. The first-order valence-corrected chi connectivity index (χ1v) is 5.68. The van der Waals surface area contributed by atoms with Crippen LogP contribution in [0.3, 0.4) is 0 Å². The van der Waals surface area contributed by atoms with Gasteiger partial charge in [-0.2, -0.15) is 0 Å². The van der Waals surface area contributed by atoms with E-state index >= 15 is 0 Å². The lowest BCUT2D eigenvalue weighted by Gasteiger charge is -2.44. The van der Waals surface area contributed by atoms with Gasteiger partial charge in [-0.15, -0.1) is 0 Å². The third-order valence-electron chi connectivity index (χ3n) is 3.56. The van der Waals surface area contributed by atoms with E-state index in [1.165, 1.54) is 0 Å². The second-order valence-electron chi connectivity index (χ2n) is 4.53. The standard InChI is InChI=1S/C11H18N2O2/c1-12-11(15)8-6-13(7-8)9-2-4-10(14)5-3-9/h8-9H,2-7H2,1H3,(H,12,15). The Morgan fingerprint density at radius 2 is 1.93 bits per heavy atom. The first-order valence-electron chi connectivity index (χ1n) is 5.68. The lowest BCUT2D eigenvalue weighted by molar-refractivity contribution is -0.132. The van der Waals surface area contributed by atoms with E-state index in [0.29, 0.717) is 11.8 Å². The molecule has 2 aliphatic rings. The van der Waals surface area contributed by atoms with Crippen molar-refractivity contribution in [2.45, 2.75) is 31.7 Å². The highest BCUT2D eigenvalue weighted by atomic mass is 16.2. The summed E-state index contributed by atoms with van der Waals surface area (Å²) in [6.45, 7) is 1.75.